The van der Waals surface area contributed by atoms with Gasteiger partial charge in [0.25, 0.3) is 0 Å². The number of likely N-dealkylation sites (tertiary alicyclic amines) is 1. The molecule has 0 bridgehead atoms. The summed E-state index contributed by atoms with van der Waals surface area (Å²) in [6.07, 6.45) is 2.78. The number of carbonyl (C=O) groups excluding carboxylic acids is 2. The van der Waals surface area contributed by atoms with E-state index in [0.717, 1.165) is 32.4 Å². The number of piperidine rings is 1. The molecule has 0 aromatic carbocycles. The highest BCUT2D eigenvalue weighted by atomic mass is 16.2. The lowest BCUT2D eigenvalue weighted by molar-refractivity contribution is -0.138. The van der Waals surface area contributed by atoms with Gasteiger partial charge in [-0.25, -0.2) is 0 Å². The molecule has 1 aliphatic heterocycles. The highest BCUT2D eigenvalue weighted by Crippen LogP contribution is 2.18. The van der Waals surface area contributed by atoms with Crippen LogP contribution in [-0.4, -0.2) is 36.3 Å². The fourth-order valence-corrected chi connectivity index (χ4v) is 2.15. The van der Waals surface area contributed by atoms with Crippen LogP contribution in [0, 0.1) is 11.8 Å². The maximum Gasteiger partial charge on any atom is 0.225 e. The molecule has 0 aliphatic carbocycles. The zero-order chi connectivity index (χ0) is 12.8. The summed E-state index contributed by atoms with van der Waals surface area (Å²) < 4.78 is 0. The summed E-state index contributed by atoms with van der Waals surface area (Å²) in [5.41, 5.74) is 0. The molecule has 1 saturated heterocycles. The van der Waals surface area contributed by atoms with Crippen LogP contribution in [0.5, 0.6) is 0 Å². The average Bonchev–Trinajstić information content (AvgIpc) is 2.35. The molecule has 1 fully saturated rings. The Labute approximate surface area is 104 Å². The Morgan fingerprint density at radius 1 is 1.41 bits per heavy atom. The first-order valence-corrected chi connectivity index (χ1v) is 6.62. The van der Waals surface area contributed by atoms with E-state index >= 15 is 0 Å². The van der Waals surface area contributed by atoms with E-state index in [-0.39, 0.29) is 23.7 Å². The molecule has 1 unspecified atom stereocenters. The molecule has 1 rings (SSSR count). The van der Waals surface area contributed by atoms with Gasteiger partial charge in [-0.3, -0.25) is 9.59 Å². The Kier molecular flexibility index (Phi) is 5.45. The minimum Gasteiger partial charge on any atom is -0.356 e. The second kappa shape index (κ2) is 6.62. The maximum atomic E-state index is 11.9. The lowest BCUT2D eigenvalue weighted by Crippen LogP contribution is -2.46. The van der Waals surface area contributed by atoms with E-state index in [4.69, 9.17) is 0 Å². The Morgan fingerprint density at radius 2 is 2.12 bits per heavy atom. The van der Waals surface area contributed by atoms with Crippen molar-refractivity contribution in [2.45, 2.75) is 40.0 Å². The van der Waals surface area contributed by atoms with Crippen LogP contribution in [0.15, 0.2) is 0 Å². The first kappa shape index (κ1) is 14.0. The summed E-state index contributed by atoms with van der Waals surface area (Å²) in [7, 11) is 0. The monoisotopic (exact) mass is 240 g/mol. The Balaban J connectivity index is 2.48. The molecule has 1 aliphatic rings. The van der Waals surface area contributed by atoms with Crippen molar-refractivity contribution >= 4 is 11.8 Å². The van der Waals surface area contributed by atoms with Gasteiger partial charge in [0.15, 0.2) is 0 Å². The van der Waals surface area contributed by atoms with E-state index in [1.54, 1.807) is 0 Å². The summed E-state index contributed by atoms with van der Waals surface area (Å²) in [5, 5.41) is 2.91. The molecule has 0 aromatic rings. The highest BCUT2D eigenvalue weighted by molar-refractivity contribution is 5.82. The van der Waals surface area contributed by atoms with Crippen molar-refractivity contribution in [1.29, 1.82) is 0 Å². The van der Waals surface area contributed by atoms with Gasteiger partial charge in [-0.2, -0.15) is 0 Å². The van der Waals surface area contributed by atoms with Crippen LogP contribution >= 0.6 is 0 Å². The molecule has 4 nitrogen and oxygen atoms in total. The molecule has 1 N–H and O–H groups in total. The predicted octanol–water partition coefficient (Wildman–Crippen LogP) is 1.41. The second-order valence-electron chi connectivity index (χ2n) is 5.07. The number of nitrogens with zero attached hydrogens (tertiary/aromatic N) is 1. The number of hydrogen-bond donors (Lipinski definition) is 1. The Bertz CT molecular complexity index is 277. The molecule has 0 aromatic heterocycles. The van der Waals surface area contributed by atoms with Crippen molar-refractivity contribution in [3.05, 3.63) is 0 Å². The van der Waals surface area contributed by atoms with Crippen LogP contribution in [0.3, 0.4) is 0 Å². The van der Waals surface area contributed by atoms with Gasteiger partial charge < -0.3 is 10.2 Å². The summed E-state index contributed by atoms with van der Waals surface area (Å²) in [6, 6.07) is 0. The molecule has 4 heteroatoms. The molecule has 98 valence electrons. The molecular weight excluding hydrogens is 216 g/mol. The minimum absolute atomic E-state index is 0.0157. The van der Waals surface area contributed by atoms with Gasteiger partial charge in [-0.15, -0.1) is 0 Å². The summed E-state index contributed by atoms with van der Waals surface area (Å²) in [6.45, 7) is 7.97. The zero-order valence-corrected chi connectivity index (χ0v) is 11.2. The fraction of sp³-hybridized carbons (Fsp3) is 0.846. The lowest BCUT2D eigenvalue weighted by Gasteiger charge is -2.33. The van der Waals surface area contributed by atoms with Crippen LogP contribution in [-0.2, 0) is 9.59 Å². The standard InChI is InChI=1S/C13H24N2O2/c1-4-7-14-12(16)11-6-5-8-15(9-11)13(17)10(2)3/h10-11H,4-9H2,1-3H3,(H,14,16). The minimum atomic E-state index is -0.0157. The smallest absolute Gasteiger partial charge is 0.225 e. The third-order valence-electron chi connectivity index (χ3n) is 3.15. The van der Waals surface area contributed by atoms with Crippen molar-refractivity contribution < 1.29 is 9.59 Å². The number of hydrogen-bond acceptors (Lipinski definition) is 2. The topological polar surface area (TPSA) is 49.4 Å². The Hall–Kier alpha value is -1.06. The second-order valence-corrected chi connectivity index (χ2v) is 5.07. The van der Waals surface area contributed by atoms with Gasteiger partial charge in [0.05, 0.1) is 5.92 Å². The largest absolute Gasteiger partial charge is 0.356 e. The van der Waals surface area contributed by atoms with Crippen LogP contribution < -0.4 is 5.32 Å². The summed E-state index contributed by atoms with van der Waals surface area (Å²) in [4.78, 5) is 25.6. The molecule has 0 spiro atoms. The van der Waals surface area contributed by atoms with Crippen molar-refractivity contribution in [3.63, 3.8) is 0 Å². The first-order valence-electron chi connectivity index (χ1n) is 6.62. The third kappa shape index (κ3) is 4.02. The van der Waals surface area contributed by atoms with Crippen LogP contribution in [0.25, 0.3) is 0 Å². The lowest BCUT2D eigenvalue weighted by atomic mass is 9.96. The maximum absolute atomic E-state index is 11.9. The van der Waals surface area contributed by atoms with Crippen LogP contribution in [0.2, 0.25) is 0 Å². The quantitative estimate of drug-likeness (QED) is 0.807. The van der Waals surface area contributed by atoms with Gasteiger partial charge in [-0.05, 0) is 19.3 Å². The highest BCUT2D eigenvalue weighted by Gasteiger charge is 2.28. The third-order valence-corrected chi connectivity index (χ3v) is 3.15. The average molecular weight is 240 g/mol. The summed E-state index contributed by atoms with van der Waals surface area (Å²) >= 11 is 0. The molecule has 0 saturated carbocycles. The summed E-state index contributed by atoms with van der Waals surface area (Å²) in [5.74, 6) is 0.275. The van der Waals surface area contributed by atoms with Gasteiger partial charge in [0, 0.05) is 25.6 Å². The molecule has 1 heterocycles. The zero-order valence-electron chi connectivity index (χ0n) is 11.2. The number of carbonyl (C=O) groups is 2. The SMILES string of the molecule is CCCNC(=O)C1CCCN(C(=O)C(C)C)C1. The number of nitrogens with one attached hydrogen (secondary N) is 1. The molecule has 1 atom stereocenters. The van der Waals surface area contributed by atoms with Crippen molar-refractivity contribution in [2.24, 2.45) is 11.8 Å². The van der Waals surface area contributed by atoms with Crippen LogP contribution in [0.1, 0.15) is 40.0 Å². The predicted molar refractivity (Wildman–Crippen MR) is 67.4 cm³/mol. The van der Waals surface area contributed by atoms with Gasteiger partial charge in [0.1, 0.15) is 0 Å². The normalized spacial score (nSPS) is 20.5. The van der Waals surface area contributed by atoms with E-state index in [1.165, 1.54) is 0 Å². The van der Waals surface area contributed by atoms with Crippen LogP contribution in [0.4, 0.5) is 0 Å². The number of amides is 2. The fourth-order valence-electron chi connectivity index (χ4n) is 2.15. The van der Waals surface area contributed by atoms with E-state index in [0.29, 0.717) is 6.54 Å². The van der Waals surface area contributed by atoms with Gasteiger partial charge in [-0.1, -0.05) is 20.8 Å². The Morgan fingerprint density at radius 3 is 2.71 bits per heavy atom. The molecule has 0 radical (unpaired) electrons. The van der Waals surface area contributed by atoms with Crippen molar-refractivity contribution in [2.75, 3.05) is 19.6 Å². The molecule has 17 heavy (non-hydrogen) atoms. The van der Waals surface area contributed by atoms with Crippen molar-refractivity contribution in [1.82, 2.24) is 10.2 Å². The van der Waals surface area contributed by atoms with E-state index in [9.17, 15) is 9.59 Å². The number of rotatable bonds is 4. The van der Waals surface area contributed by atoms with E-state index in [2.05, 4.69) is 5.32 Å². The van der Waals surface area contributed by atoms with Gasteiger partial charge >= 0.3 is 0 Å². The van der Waals surface area contributed by atoms with Gasteiger partial charge in [0.2, 0.25) is 11.8 Å². The molecular formula is C13H24N2O2. The van der Waals surface area contributed by atoms with E-state index < -0.39 is 0 Å². The molecule has 2 amide bonds. The first-order chi connectivity index (χ1) is 8.06. The van der Waals surface area contributed by atoms with Crippen molar-refractivity contribution in [3.8, 4) is 0 Å². The van der Waals surface area contributed by atoms with E-state index in [1.807, 2.05) is 25.7 Å².